The van der Waals surface area contributed by atoms with E-state index in [1.54, 1.807) is 0 Å². The predicted molar refractivity (Wildman–Crippen MR) is 145 cm³/mol. The maximum Gasteiger partial charge on any atom is 0.306 e. The van der Waals surface area contributed by atoms with Gasteiger partial charge in [0.05, 0.1) is 0 Å². The second-order valence-electron chi connectivity index (χ2n) is 11.3. The van der Waals surface area contributed by atoms with Crippen molar-refractivity contribution in [2.45, 2.75) is 124 Å². The van der Waals surface area contributed by atoms with Gasteiger partial charge in [-0.2, -0.15) is 11.8 Å². The number of rotatable bonds is 15. The molecule has 1 N–H and O–H groups in total. The molecule has 0 aliphatic carbocycles. The molecule has 1 aromatic rings. The first-order valence-electron chi connectivity index (χ1n) is 13.1. The number of unbranched alkanes of at least 4 members (excludes halogenated alkanes) is 7. The minimum absolute atomic E-state index is 0.134. The molecule has 1 rings (SSSR count). The molecule has 0 aliphatic rings. The van der Waals surface area contributed by atoms with Crippen LogP contribution < -0.4 is 0 Å². The molecule has 3 nitrogen and oxygen atoms in total. The molecule has 33 heavy (non-hydrogen) atoms. The van der Waals surface area contributed by atoms with E-state index in [1.807, 2.05) is 11.8 Å². The summed E-state index contributed by atoms with van der Waals surface area (Å²) in [6, 6.07) is 4.11. The Bertz CT molecular complexity index is 663. The normalized spacial score (nSPS) is 12.2. The van der Waals surface area contributed by atoms with Crippen LogP contribution >= 0.6 is 11.8 Å². The van der Waals surface area contributed by atoms with E-state index in [-0.39, 0.29) is 16.8 Å². The number of hydrogen-bond acceptors (Lipinski definition) is 4. The predicted octanol–water partition coefficient (Wildman–Crippen LogP) is 8.34. The molecule has 4 heteroatoms. The largest absolute Gasteiger partial charge is 0.507 e. The van der Waals surface area contributed by atoms with E-state index in [0.717, 1.165) is 28.2 Å². The summed E-state index contributed by atoms with van der Waals surface area (Å²) in [5, 5.41) is 10.8. The fourth-order valence-corrected chi connectivity index (χ4v) is 4.77. The van der Waals surface area contributed by atoms with Crippen molar-refractivity contribution in [1.82, 2.24) is 0 Å². The van der Waals surface area contributed by atoms with Gasteiger partial charge in [0.2, 0.25) is 0 Å². The van der Waals surface area contributed by atoms with Gasteiger partial charge in [-0.25, -0.2) is 0 Å². The summed E-state index contributed by atoms with van der Waals surface area (Å²) in [4.78, 5) is 12.2. The van der Waals surface area contributed by atoms with Gasteiger partial charge in [0.25, 0.3) is 0 Å². The number of thioether (sulfide) groups is 1. The Morgan fingerprint density at radius 1 is 0.848 bits per heavy atom. The summed E-state index contributed by atoms with van der Waals surface area (Å²) in [6.07, 6.45) is 11.8. The average molecular weight is 479 g/mol. The summed E-state index contributed by atoms with van der Waals surface area (Å²) in [5.74, 6) is 2.29. The molecule has 0 atom stereocenters. The lowest BCUT2D eigenvalue weighted by Gasteiger charge is -2.28. The fourth-order valence-electron chi connectivity index (χ4n) is 3.96. The number of carbonyl (C=O) groups excluding carboxylic acids is 1. The lowest BCUT2D eigenvalue weighted by Crippen LogP contribution is -2.18. The number of ether oxygens (including phenoxy) is 1. The second kappa shape index (κ2) is 15.0. The number of benzene rings is 1. The molecule has 0 fully saturated rings. The second-order valence-corrected chi connectivity index (χ2v) is 12.6. The van der Waals surface area contributed by atoms with Crippen LogP contribution in [0.1, 0.15) is 123 Å². The smallest absolute Gasteiger partial charge is 0.306 e. The molecular weight excluding hydrogens is 428 g/mol. The first kappa shape index (κ1) is 29.9. The van der Waals surface area contributed by atoms with E-state index in [0.29, 0.717) is 25.2 Å². The number of phenolic OH excluding ortho intramolecular Hbond substituents is 1. The van der Waals surface area contributed by atoms with Gasteiger partial charge in [-0.15, -0.1) is 0 Å². The zero-order valence-corrected chi connectivity index (χ0v) is 23.3. The van der Waals surface area contributed by atoms with Crippen LogP contribution in [0.25, 0.3) is 0 Å². The molecule has 190 valence electrons. The van der Waals surface area contributed by atoms with Gasteiger partial charge in [-0.1, -0.05) is 106 Å². The first-order valence-corrected chi connectivity index (χ1v) is 14.2. The molecule has 0 unspecified atom stereocenters. The highest BCUT2D eigenvalue weighted by Crippen LogP contribution is 2.40. The van der Waals surface area contributed by atoms with Gasteiger partial charge < -0.3 is 9.84 Å². The van der Waals surface area contributed by atoms with Crippen molar-refractivity contribution >= 4 is 17.7 Å². The van der Waals surface area contributed by atoms with Gasteiger partial charge in [0.15, 0.2) is 0 Å². The van der Waals surface area contributed by atoms with E-state index in [9.17, 15) is 9.90 Å². The molecular formula is C29H50O3S. The maximum absolute atomic E-state index is 12.2. The van der Waals surface area contributed by atoms with Crippen molar-refractivity contribution in [3.05, 3.63) is 28.8 Å². The summed E-state index contributed by atoms with van der Waals surface area (Å²) in [7, 11) is 0. The topological polar surface area (TPSA) is 46.5 Å². The Balaban J connectivity index is 2.33. The van der Waals surface area contributed by atoms with Crippen molar-refractivity contribution in [1.29, 1.82) is 0 Å². The lowest BCUT2D eigenvalue weighted by atomic mass is 9.78. The van der Waals surface area contributed by atoms with Crippen molar-refractivity contribution in [3.8, 4) is 5.75 Å². The first-order chi connectivity index (χ1) is 15.5. The number of esters is 1. The molecule has 0 heterocycles. The third-order valence-corrected chi connectivity index (χ3v) is 7.07. The average Bonchev–Trinajstić information content (AvgIpc) is 2.72. The van der Waals surface area contributed by atoms with Crippen molar-refractivity contribution in [3.63, 3.8) is 0 Å². The lowest BCUT2D eigenvalue weighted by molar-refractivity contribution is -0.142. The standard InChI is InChI=1S/C29H50O3S/c1-8-9-10-11-12-13-14-15-19-33-20-18-32-26(30)17-16-23-21-24(28(2,3)4)27(31)25(22-23)29(5,6)7/h21-22,31H,8-20H2,1-7H3. The third kappa shape index (κ3) is 12.2. The van der Waals surface area contributed by atoms with Crippen LogP contribution in [0.15, 0.2) is 12.1 Å². The third-order valence-electron chi connectivity index (χ3n) is 6.04. The molecule has 0 amide bonds. The number of aromatic hydroxyl groups is 1. The van der Waals surface area contributed by atoms with Gasteiger partial charge in [-0.3, -0.25) is 4.79 Å². The number of carbonyl (C=O) groups is 1. The highest BCUT2D eigenvalue weighted by atomic mass is 32.2. The Kier molecular flexibility index (Phi) is 13.5. The zero-order chi connectivity index (χ0) is 24.9. The molecule has 0 aliphatic heterocycles. The zero-order valence-electron chi connectivity index (χ0n) is 22.5. The highest BCUT2D eigenvalue weighted by molar-refractivity contribution is 7.99. The maximum atomic E-state index is 12.2. The van der Waals surface area contributed by atoms with Crippen LogP contribution in [0.2, 0.25) is 0 Å². The molecule has 0 saturated heterocycles. The summed E-state index contributed by atoms with van der Waals surface area (Å²) < 4.78 is 5.46. The SMILES string of the molecule is CCCCCCCCCCSCCOC(=O)CCc1cc(C(C)(C)C)c(O)c(C(C)(C)C)c1. The molecule has 0 spiro atoms. The Morgan fingerprint density at radius 3 is 1.88 bits per heavy atom. The Morgan fingerprint density at radius 2 is 1.36 bits per heavy atom. The van der Waals surface area contributed by atoms with Crippen LogP contribution in [-0.2, 0) is 26.8 Å². The fraction of sp³-hybridized carbons (Fsp3) is 0.759. The minimum Gasteiger partial charge on any atom is -0.507 e. The van der Waals surface area contributed by atoms with Crippen molar-refractivity contribution in [2.24, 2.45) is 0 Å². The van der Waals surface area contributed by atoms with Crippen LogP contribution in [0.5, 0.6) is 5.75 Å². The van der Waals surface area contributed by atoms with Crippen molar-refractivity contribution < 1.29 is 14.6 Å². The van der Waals surface area contributed by atoms with Crippen LogP contribution in [-0.4, -0.2) is 29.2 Å². The van der Waals surface area contributed by atoms with Gasteiger partial charge in [0.1, 0.15) is 12.4 Å². The van der Waals surface area contributed by atoms with Crippen LogP contribution in [0, 0.1) is 0 Å². The summed E-state index contributed by atoms with van der Waals surface area (Å²) in [6.45, 7) is 15.4. The molecule has 1 aromatic carbocycles. The molecule has 0 radical (unpaired) electrons. The van der Waals surface area contributed by atoms with Crippen molar-refractivity contribution in [2.75, 3.05) is 18.1 Å². The molecule has 0 aromatic heterocycles. The highest BCUT2D eigenvalue weighted by Gasteiger charge is 2.26. The Labute approximate surface area is 208 Å². The number of hydrogen-bond donors (Lipinski definition) is 1. The number of phenols is 1. The van der Waals surface area contributed by atoms with E-state index in [4.69, 9.17) is 4.74 Å². The quantitative estimate of drug-likeness (QED) is 0.203. The minimum atomic E-state index is -0.160. The van der Waals surface area contributed by atoms with Crippen LogP contribution in [0.3, 0.4) is 0 Å². The number of aryl methyl sites for hydroxylation is 1. The summed E-state index contributed by atoms with van der Waals surface area (Å²) in [5.41, 5.74) is 2.65. The summed E-state index contributed by atoms with van der Waals surface area (Å²) >= 11 is 1.89. The van der Waals surface area contributed by atoms with Crippen LogP contribution in [0.4, 0.5) is 0 Å². The van der Waals surface area contributed by atoms with Gasteiger partial charge in [0, 0.05) is 12.2 Å². The molecule has 0 saturated carbocycles. The van der Waals surface area contributed by atoms with E-state index in [2.05, 4.69) is 60.6 Å². The van der Waals surface area contributed by atoms with Gasteiger partial charge >= 0.3 is 5.97 Å². The molecule has 0 bridgehead atoms. The Hall–Kier alpha value is -1.16. The van der Waals surface area contributed by atoms with E-state index in [1.165, 1.54) is 51.4 Å². The van der Waals surface area contributed by atoms with Gasteiger partial charge in [-0.05, 0) is 46.1 Å². The monoisotopic (exact) mass is 478 g/mol. The van der Waals surface area contributed by atoms with E-state index < -0.39 is 0 Å². The van der Waals surface area contributed by atoms with E-state index >= 15 is 0 Å².